The van der Waals surface area contributed by atoms with Crippen molar-refractivity contribution in [2.24, 2.45) is 5.92 Å². The van der Waals surface area contributed by atoms with Gasteiger partial charge in [0.25, 0.3) is 0 Å². The quantitative estimate of drug-likeness (QED) is 0.669. The summed E-state index contributed by atoms with van der Waals surface area (Å²) in [7, 11) is 0. The van der Waals surface area contributed by atoms with Gasteiger partial charge in [0.2, 0.25) is 0 Å². The molecule has 1 nitrogen and oxygen atoms in total. The minimum Gasteiger partial charge on any atom is -0.396 e. The number of fused-ring (bicyclic) bond motifs is 1. The smallest absolute Gasteiger partial charge is 0.0468 e. The van der Waals surface area contributed by atoms with Crippen LogP contribution in [-0.2, 0) is 6.42 Å². The van der Waals surface area contributed by atoms with Crippen molar-refractivity contribution in [3.8, 4) is 0 Å². The van der Waals surface area contributed by atoms with E-state index in [1.165, 1.54) is 11.1 Å². The molecule has 0 aromatic heterocycles. The normalized spacial score (nSPS) is 27.2. The van der Waals surface area contributed by atoms with Crippen LogP contribution in [0.4, 0.5) is 0 Å². The molecule has 1 heteroatoms. The van der Waals surface area contributed by atoms with Crippen molar-refractivity contribution < 1.29 is 5.11 Å². The predicted molar refractivity (Wildman–Crippen MR) is 49.1 cm³/mol. The highest BCUT2D eigenvalue weighted by atomic mass is 16.3. The maximum atomic E-state index is 9.11. The second-order valence-electron chi connectivity index (χ2n) is 3.63. The van der Waals surface area contributed by atoms with Crippen molar-refractivity contribution in [3.05, 3.63) is 35.4 Å². The minimum atomic E-state index is 0.315. The largest absolute Gasteiger partial charge is 0.396 e. The Balaban J connectivity index is 2.35. The van der Waals surface area contributed by atoms with Gasteiger partial charge >= 0.3 is 0 Å². The number of benzene rings is 1. The lowest BCUT2D eigenvalue weighted by atomic mass is 9.96. The van der Waals surface area contributed by atoms with Gasteiger partial charge in [-0.3, -0.25) is 0 Å². The molecule has 12 heavy (non-hydrogen) atoms. The molecule has 1 aliphatic rings. The lowest BCUT2D eigenvalue weighted by Crippen LogP contribution is -2.08. The Bertz CT molecular complexity index is 280. The molecule has 0 fully saturated rings. The van der Waals surface area contributed by atoms with Gasteiger partial charge in [0, 0.05) is 6.61 Å². The van der Waals surface area contributed by atoms with Crippen molar-refractivity contribution in [3.63, 3.8) is 0 Å². The van der Waals surface area contributed by atoms with Gasteiger partial charge in [-0.1, -0.05) is 31.2 Å². The van der Waals surface area contributed by atoms with Crippen LogP contribution < -0.4 is 0 Å². The zero-order valence-corrected chi connectivity index (χ0v) is 7.33. The summed E-state index contributed by atoms with van der Waals surface area (Å²) < 4.78 is 0. The van der Waals surface area contributed by atoms with Crippen LogP contribution in [0.2, 0.25) is 0 Å². The van der Waals surface area contributed by atoms with Crippen LogP contribution in [0.3, 0.4) is 0 Å². The molecular formula is C11H14O. The molecule has 0 heterocycles. The van der Waals surface area contributed by atoms with Gasteiger partial charge in [0.15, 0.2) is 0 Å². The molecule has 0 spiro atoms. The lowest BCUT2D eigenvalue weighted by molar-refractivity contribution is 0.217. The number of aliphatic hydroxyl groups is 1. The van der Waals surface area contributed by atoms with Crippen molar-refractivity contribution in [2.45, 2.75) is 19.3 Å². The molecule has 0 saturated heterocycles. The number of aliphatic hydroxyl groups excluding tert-OH is 1. The van der Waals surface area contributed by atoms with Gasteiger partial charge in [0.1, 0.15) is 0 Å². The zero-order valence-electron chi connectivity index (χ0n) is 7.33. The van der Waals surface area contributed by atoms with Crippen LogP contribution in [0.25, 0.3) is 0 Å². The molecule has 0 aliphatic heterocycles. The Labute approximate surface area is 73.0 Å². The molecule has 0 radical (unpaired) electrons. The average Bonchev–Trinajstić information content (AvgIpc) is 2.44. The van der Waals surface area contributed by atoms with E-state index < -0.39 is 0 Å². The third-order valence-corrected chi connectivity index (χ3v) is 2.97. The van der Waals surface area contributed by atoms with E-state index in [0.29, 0.717) is 18.4 Å². The molecule has 2 rings (SSSR count). The standard InChI is InChI=1S/C11H14O/c1-8-10(7-12)6-9-4-2-3-5-11(8)9/h2-5,8,10,12H,6-7H2,1H3/t8-,10+/m1/s1. The molecule has 1 aromatic carbocycles. The number of rotatable bonds is 1. The maximum absolute atomic E-state index is 9.11. The van der Waals surface area contributed by atoms with Crippen LogP contribution in [0.15, 0.2) is 24.3 Å². The number of hydrogen-bond acceptors (Lipinski definition) is 1. The topological polar surface area (TPSA) is 20.2 Å². The van der Waals surface area contributed by atoms with E-state index >= 15 is 0 Å². The zero-order chi connectivity index (χ0) is 8.55. The molecule has 0 bridgehead atoms. The van der Waals surface area contributed by atoms with Gasteiger partial charge in [-0.05, 0) is 29.4 Å². The molecule has 0 unspecified atom stereocenters. The maximum Gasteiger partial charge on any atom is 0.0468 e. The van der Waals surface area contributed by atoms with Gasteiger partial charge in [-0.15, -0.1) is 0 Å². The lowest BCUT2D eigenvalue weighted by Gasteiger charge is -2.11. The van der Waals surface area contributed by atoms with E-state index in [0.717, 1.165) is 6.42 Å². The molecule has 1 aromatic rings. The van der Waals surface area contributed by atoms with Crippen LogP contribution in [0.5, 0.6) is 0 Å². The average molecular weight is 162 g/mol. The second kappa shape index (κ2) is 2.91. The Morgan fingerprint density at radius 1 is 1.42 bits per heavy atom. The second-order valence-corrected chi connectivity index (χ2v) is 3.63. The fraction of sp³-hybridized carbons (Fsp3) is 0.455. The highest BCUT2D eigenvalue weighted by Crippen LogP contribution is 2.36. The summed E-state index contributed by atoms with van der Waals surface area (Å²) in [6, 6.07) is 8.50. The van der Waals surface area contributed by atoms with E-state index in [1.807, 2.05) is 0 Å². The first-order valence-corrected chi connectivity index (χ1v) is 4.51. The van der Waals surface area contributed by atoms with Crippen LogP contribution in [-0.4, -0.2) is 11.7 Å². The summed E-state index contributed by atoms with van der Waals surface area (Å²) in [5.74, 6) is 0.980. The fourth-order valence-electron chi connectivity index (χ4n) is 2.10. The Kier molecular flexibility index (Phi) is 1.89. The van der Waals surface area contributed by atoms with Crippen molar-refractivity contribution in [1.29, 1.82) is 0 Å². The summed E-state index contributed by atoms with van der Waals surface area (Å²) >= 11 is 0. The highest BCUT2D eigenvalue weighted by Gasteiger charge is 2.27. The third kappa shape index (κ3) is 1.05. The van der Waals surface area contributed by atoms with E-state index in [4.69, 9.17) is 5.11 Å². The first-order valence-electron chi connectivity index (χ1n) is 4.51. The Morgan fingerprint density at radius 2 is 2.17 bits per heavy atom. The molecule has 2 atom stereocenters. The van der Waals surface area contributed by atoms with Gasteiger partial charge in [0.05, 0.1) is 0 Å². The molecular weight excluding hydrogens is 148 g/mol. The Hall–Kier alpha value is -0.820. The van der Waals surface area contributed by atoms with Crippen LogP contribution >= 0.6 is 0 Å². The monoisotopic (exact) mass is 162 g/mol. The Morgan fingerprint density at radius 3 is 2.83 bits per heavy atom. The summed E-state index contributed by atoms with van der Waals surface area (Å²) in [5, 5.41) is 9.11. The first-order chi connectivity index (χ1) is 5.83. The summed E-state index contributed by atoms with van der Waals surface area (Å²) in [6.45, 7) is 2.52. The van der Waals surface area contributed by atoms with Gasteiger partial charge < -0.3 is 5.11 Å². The minimum absolute atomic E-state index is 0.315. The first kappa shape index (κ1) is 7.81. The van der Waals surface area contributed by atoms with E-state index in [2.05, 4.69) is 31.2 Å². The van der Waals surface area contributed by atoms with Crippen molar-refractivity contribution in [1.82, 2.24) is 0 Å². The third-order valence-electron chi connectivity index (χ3n) is 2.97. The van der Waals surface area contributed by atoms with E-state index in [9.17, 15) is 0 Å². The van der Waals surface area contributed by atoms with Crippen molar-refractivity contribution in [2.75, 3.05) is 6.61 Å². The summed E-state index contributed by atoms with van der Waals surface area (Å²) in [5.41, 5.74) is 2.85. The summed E-state index contributed by atoms with van der Waals surface area (Å²) in [6.07, 6.45) is 1.05. The van der Waals surface area contributed by atoms with E-state index in [-0.39, 0.29) is 0 Å². The van der Waals surface area contributed by atoms with Crippen LogP contribution in [0.1, 0.15) is 24.0 Å². The molecule has 64 valence electrons. The molecule has 1 N–H and O–H groups in total. The summed E-state index contributed by atoms with van der Waals surface area (Å²) in [4.78, 5) is 0. The highest BCUT2D eigenvalue weighted by molar-refractivity contribution is 5.35. The fourth-order valence-corrected chi connectivity index (χ4v) is 2.10. The SMILES string of the molecule is C[C@H]1c2ccccc2C[C@H]1CO. The van der Waals surface area contributed by atoms with Crippen LogP contribution in [0, 0.1) is 5.92 Å². The van der Waals surface area contributed by atoms with Crippen molar-refractivity contribution >= 4 is 0 Å². The van der Waals surface area contributed by atoms with Gasteiger partial charge in [-0.2, -0.15) is 0 Å². The predicted octanol–water partition coefficient (Wildman–Crippen LogP) is 1.95. The number of hydrogen-bond donors (Lipinski definition) is 1. The van der Waals surface area contributed by atoms with Gasteiger partial charge in [-0.25, -0.2) is 0 Å². The van der Waals surface area contributed by atoms with E-state index in [1.54, 1.807) is 0 Å². The molecule has 0 amide bonds. The molecule has 1 aliphatic carbocycles. The molecule has 0 saturated carbocycles.